The van der Waals surface area contributed by atoms with E-state index < -0.39 is 11.8 Å². The molecule has 1 saturated heterocycles. The maximum Gasteiger partial charge on any atom is 0.270 e. The van der Waals surface area contributed by atoms with Crippen LogP contribution < -0.4 is 15.0 Å². The number of benzene rings is 3. The van der Waals surface area contributed by atoms with Gasteiger partial charge >= 0.3 is 0 Å². The fraction of sp³-hybridized carbons (Fsp3) is 0.0417. The van der Waals surface area contributed by atoms with E-state index in [0.717, 1.165) is 0 Å². The van der Waals surface area contributed by atoms with E-state index in [1.165, 1.54) is 23.1 Å². The molecule has 0 spiro atoms. The summed E-state index contributed by atoms with van der Waals surface area (Å²) in [6.07, 6.45) is 1.49. The monoisotopic (exact) mass is 432 g/mol. The van der Waals surface area contributed by atoms with E-state index in [9.17, 15) is 14.0 Å². The van der Waals surface area contributed by atoms with Crippen LogP contribution in [-0.2, 0) is 16.2 Å². The van der Waals surface area contributed by atoms with E-state index in [-0.39, 0.29) is 23.1 Å². The Bertz CT molecular complexity index is 1190. The summed E-state index contributed by atoms with van der Waals surface area (Å²) in [5, 5.41) is 2.59. The highest BCUT2D eigenvalue weighted by Gasteiger charge is 2.34. The molecule has 1 aliphatic rings. The number of carbonyl (C=O) groups excluding carboxylic acids is 2. The number of halogens is 1. The van der Waals surface area contributed by atoms with Crippen LogP contribution in [-0.4, -0.2) is 16.9 Å². The highest BCUT2D eigenvalue weighted by Crippen LogP contribution is 2.23. The van der Waals surface area contributed by atoms with Crippen LogP contribution in [0.5, 0.6) is 5.75 Å². The molecule has 0 unspecified atom stereocenters. The summed E-state index contributed by atoms with van der Waals surface area (Å²) in [7, 11) is 0. The second-order valence-corrected chi connectivity index (χ2v) is 7.17. The van der Waals surface area contributed by atoms with Crippen molar-refractivity contribution in [2.45, 2.75) is 6.61 Å². The summed E-state index contributed by atoms with van der Waals surface area (Å²) in [6.45, 7) is 0.188. The van der Waals surface area contributed by atoms with Gasteiger partial charge in [-0.2, -0.15) is 0 Å². The number of amides is 2. The van der Waals surface area contributed by atoms with Gasteiger partial charge in [0.05, 0.1) is 5.69 Å². The number of nitrogens with one attached hydrogen (secondary N) is 1. The highest BCUT2D eigenvalue weighted by molar-refractivity contribution is 7.80. The third-order valence-electron chi connectivity index (χ3n) is 4.58. The molecule has 1 N–H and O–H groups in total. The average molecular weight is 432 g/mol. The number of anilines is 1. The van der Waals surface area contributed by atoms with Crippen molar-refractivity contribution in [2.75, 3.05) is 4.90 Å². The van der Waals surface area contributed by atoms with E-state index in [1.54, 1.807) is 60.7 Å². The first-order chi connectivity index (χ1) is 15.0. The SMILES string of the molecule is O=C1NC(=S)N(c2ccccc2)C(=O)C1=Cc1cccc(OCc2cccc(F)c2)c1. The van der Waals surface area contributed by atoms with Gasteiger partial charge in [-0.25, -0.2) is 4.39 Å². The summed E-state index contributed by atoms with van der Waals surface area (Å²) in [5.74, 6) is -0.876. The lowest BCUT2D eigenvalue weighted by Gasteiger charge is -2.28. The molecule has 7 heteroatoms. The number of carbonyl (C=O) groups is 2. The van der Waals surface area contributed by atoms with Crippen molar-refractivity contribution in [1.29, 1.82) is 0 Å². The summed E-state index contributed by atoms with van der Waals surface area (Å²) in [5.41, 5.74) is 1.82. The molecule has 3 aromatic rings. The second kappa shape index (κ2) is 8.89. The van der Waals surface area contributed by atoms with Gasteiger partial charge in [-0.1, -0.05) is 42.5 Å². The first-order valence-electron chi connectivity index (χ1n) is 9.45. The molecule has 1 aliphatic heterocycles. The number of thiocarbonyl (C=S) groups is 1. The van der Waals surface area contributed by atoms with Crippen LogP contribution in [0.1, 0.15) is 11.1 Å². The van der Waals surface area contributed by atoms with E-state index >= 15 is 0 Å². The average Bonchev–Trinajstić information content (AvgIpc) is 2.76. The number of nitrogens with zero attached hydrogens (tertiary/aromatic N) is 1. The van der Waals surface area contributed by atoms with Gasteiger partial charge in [0, 0.05) is 0 Å². The van der Waals surface area contributed by atoms with Crippen LogP contribution in [0.2, 0.25) is 0 Å². The van der Waals surface area contributed by atoms with Crippen LogP contribution in [0.25, 0.3) is 6.08 Å². The quantitative estimate of drug-likeness (QED) is 0.372. The molecule has 154 valence electrons. The van der Waals surface area contributed by atoms with Gasteiger partial charge in [0.1, 0.15) is 23.7 Å². The maximum atomic E-state index is 13.3. The van der Waals surface area contributed by atoms with Crippen LogP contribution >= 0.6 is 12.2 Å². The maximum absolute atomic E-state index is 13.3. The molecule has 2 amide bonds. The fourth-order valence-electron chi connectivity index (χ4n) is 3.12. The Morgan fingerprint density at radius 2 is 1.74 bits per heavy atom. The molecule has 4 rings (SSSR count). The minimum absolute atomic E-state index is 0.0329. The summed E-state index contributed by atoms with van der Waals surface area (Å²) in [4.78, 5) is 26.7. The Labute approximate surface area is 183 Å². The van der Waals surface area contributed by atoms with E-state index in [0.29, 0.717) is 22.6 Å². The van der Waals surface area contributed by atoms with E-state index in [1.807, 2.05) is 6.07 Å². The van der Waals surface area contributed by atoms with Crippen molar-refractivity contribution in [3.63, 3.8) is 0 Å². The molecule has 0 atom stereocenters. The van der Waals surface area contributed by atoms with E-state index in [2.05, 4.69) is 5.32 Å². The number of hydrogen-bond acceptors (Lipinski definition) is 4. The molecule has 0 aliphatic carbocycles. The summed E-state index contributed by atoms with van der Waals surface area (Å²) in [6, 6.07) is 22.0. The largest absolute Gasteiger partial charge is 0.489 e. The molecule has 5 nitrogen and oxygen atoms in total. The van der Waals surface area contributed by atoms with Gasteiger partial charge in [0.2, 0.25) is 0 Å². The second-order valence-electron chi connectivity index (χ2n) is 6.78. The van der Waals surface area contributed by atoms with Crippen molar-refractivity contribution < 1.29 is 18.7 Å². The zero-order valence-corrected chi connectivity index (χ0v) is 17.1. The Morgan fingerprint density at radius 3 is 2.52 bits per heavy atom. The molecule has 0 radical (unpaired) electrons. The van der Waals surface area contributed by atoms with Crippen LogP contribution in [0.4, 0.5) is 10.1 Å². The number of ether oxygens (including phenoxy) is 1. The van der Waals surface area contributed by atoms with Crippen molar-refractivity contribution in [3.8, 4) is 5.75 Å². The Hall–Kier alpha value is -3.84. The van der Waals surface area contributed by atoms with Crippen LogP contribution in [0.15, 0.2) is 84.4 Å². The van der Waals surface area contributed by atoms with Crippen LogP contribution in [0.3, 0.4) is 0 Å². The molecule has 3 aromatic carbocycles. The zero-order chi connectivity index (χ0) is 21.8. The lowest BCUT2D eigenvalue weighted by Crippen LogP contribution is -2.54. The molecule has 0 aromatic heterocycles. The molecule has 0 saturated carbocycles. The summed E-state index contributed by atoms with van der Waals surface area (Å²) >= 11 is 5.19. The van der Waals surface area contributed by atoms with Crippen molar-refractivity contribution in [1.82, 2.24) is 5.32 Å². The molecule has 0 bridgehead atoms. The van der Waals surface area contributed by atoms with Gasteiger partial charge in [0.15, 0.2) is 5.11 Å². The molecule has 1 heterocycles. The van der Waals surface area contributed by atoms with Crippen molar-refractivity contribution in [3.05, 3.63) is 101 Å². The number of hydrogen-bond donors (Lipinski definition) is 1. The number of rotatable bonds is 5. The highest BCUT2D eigenvalue weighted by atomic mass is 32.1. The topological polar surface area (TPSA) is 58.6 Å². The minimum Gasteiger partial charge on any atom is -0.489 e. The van der Waals surface area contributed by atoms with E-state index in [4.69, 9.17) is 17.0 Å². The Morgan fingerprint density at radius 1 is 0.968 bits per heavy atom. The third-order valence-corrected chi connectivity index (χ3v) is 4.86. The van der Waals surface area contributed by atoms with Crippen molar-refractivity contribution >= 4 is 40.9 Å². The smallest absolute Gasteiger partial charge is 0.270 e. The van der Waals surface area contributed by atoms with Gasteiger partial charge < -0.3 is 4.74 Å². The first-order valence-corrected chi connectivity index (χ1v) is 9.86. The minimum atomic E-state index is -0.562. The lowest BCUT2D eigenvalue weighted by molar-refractivity contribution is -0.122. The van der Waals surface area contributed by atoms with Crippen LogP contribution in [0, 0.1) is 5.82 Å². The molecular formula is C24H17FN2O3S. The standard InChI is InChI=1S/C24H17FN2O3S/c25-18-8-4-7-17(12-18)15-30-20-11-5-6-16(13-20)14-21-22(28)26-24(31)27(23(21)29)19-9-2-1-3-10-19/h1-14H,15H2,(H,26,28,31). The van der Waals surface area contributed by atoms with Gasteiger partial charge in [-0.3, -0.25) is 19.8 Å². The third kappa shape index (κ3) is 4.67. The van der Waals surface area contributed by atoms with Gasteiger partial charge in [0.25, 0.3) is 11.8 Å². The Balaban J connectivity index is 1.57. The van der Waals surface area contributed by atoms with Gasteiger partial charge in [-0.15, -0.1) is 0 Å². The predicted octanol–water partition coefficient (Wildman–Crippen LogP) is 4.24. The summed E-state index contributed by atoms with van der Waals surface area (Å²) < 4.78 is 19.1. The predicted molar refractivity (Wildman–Crippen MR) is 120 cm³/mol. The molecule has 31 heavy (non-hydrogen) atoms. The van der Waals surface area contributed by atoms with Crippen molar-refractivity contribution in [2.24, 2.45) is 0 Å². The molecule has 1 fully saturated rings. The molecular weight excluding hydrogens is 415 g/mol. The first kappa shape index (κ1) is 20.4. The Kier molecular flexibility index (Phi) is 5.86. The lowest BCUT2D eigenvalue weighted by atomic mass is 10.1. The number of para-hydroxylation sites is 1. The fourth-order valence-corrected chi connectivity index (χ4v) is 3.40. The van der Waals surface area contributed by atoms with Gasteiger partial charge in [-0.05, 0) is 65.8 Å². The normalized spacial score (nSPS) is 15.2. The zero-order valence-electron chi connectivity index (χ0n) is 16.2.